The van der Waals surface area contributed by atoms with Crippen LogP contribution in [-0.2, 0) is 24.3 Å². The average molecular weight is 605 g/mol. The maximum Gasteiger partial charge on any atom is 0.318 e. The molecule has 1 atom stereocenters. The highest BCUT2D eigenvalue weighted by atomic mass is 16.5. The Morgan fingerprint density at radius 2 is 1.73 bits per heavy atom. The van der Waals surface area contributed by atoms with Gasteiger partial charge in [0.15, 0.2) is 0 Å². The van der Waals surface area contributed by atoms with Gasteiger partial charge in [-0.15, -0.1) is 0 Å². The fourth-order valence-electron chi connectivity index (χ4n) is 6.92. The Hall–Kier alpha value is -4.63. The standard InChI is InChI=1S/C36H40N6O3/c43-20-6-13-39-16-18-41(19-17-39)35-32-12-15-42(34-22-30(44)21-29-9-4-5-10-31(29)34)25-33(32)37-36(38-35)45-26-28-11-14-40(24-28)23-27-7-2-1-3-8-27/h1-10,13,20-22,28,44H,11-12,14-19,23-26H2/t28-/m0/s1. The number of aldehydes is 1. The van der Waals surface area contributed by atoms with Crippen LogP contribution in [0.4, 0.5) is 11.5 Å². The van der Waals surface area contributed by atoms with Crippen LogP contribution in [0.1, 0.15) is 23.2 Å². The number of ether oxygens (including phenoxy) is 1. The minimum Gasteiger partial charge on any atom is -0.508 e. The van der Waals surface area contributed by atoms with Crippen LogP contribution in [0, 0.1) is 5.92 Å². The van der Waals surface area contributed by atoms with E-state index in [1.165, 1.54) is 11.1 Å². The Morgan fingerprint density at radius 3 is 2.58 bits per heavy atom. The van der Waals surface area contributed by atoms with Crippen molar-refractivity contribution < 1.29 is 14.6 Å². The van der Waals surface area contributed by atoms with E-state index < -0.39 is 0 Å². The first kappa shape index (κ1) is 29.1. The molecule has 0 saturated carbocycles. The van der Waals surface area contributed by atoms with Gasteiger partial charge in [-0.3, -0.25) is 9.69 Å². The molecule has 2 saturated heterocycles. The SMILES string of the molecule is O=CC=CN1CCN(c2nc(OC[C@H]3CCN(Cc4ccccc4)C3)nc3c2CCN(c2cc(O)cc4ccccc24)C3)CC1. The highest BCUT2D eigenvalue weighted by Crippen LogP contribution is 2.36. The molecular formula is C36H40N6O3. The Bertz CT molecular complexity index is 1670. The number of piperazine rings is 1. The monoisotopic (exact) mass is 604 g/mol. The highest BCUT2D eigenvalue weighted by Gasteiger charge is 2.29. The van der Waals surface area contributed by atoms with Gasteiger partial charge in [0.1, 0.15) is 17.9 Å². The van der Waals surface area contributed by atoms with Gasteiger partial charge in [-0.25, -0.2) is 0 Å². The van der Waals surface area contributed by atoms with Crippen molar-refractivity contribution in [3.63, 3.8) is 0 Å². The number of carbonyl (C=O) groups is 1. The van der Waals surface area contributed by atoms with E-state index in [2.05, 4.69) is 56.0 Å². The molecule has 3 aromatic carbocycles. The van der Waals surface area contributed by atoms with E-state index in [1.807, 2.05) is 36.5 Å². The van der Waals surface area contributed by atoms with Crippen molar-refractivity contribution >= 4 is 28.6 Å². The van der Waals surface area contributed by atoms with Crippen molar-refractivity contribution in [3.05, 3.63) is 95.8 Å². The number of benzene rings is 3. The molecule has 3 aliphatic rings. The Kier molecular flexibility index (Phi) is 8.51. The van der Waals surface area contributed by atoms with Crippen molar-refractivity contribution in [1.82, 2.24) is 19.8 Å². The Balaban J connectivity index is 1.12. The number of anilines is 2. The lowest BCUT2D eigenvalue weighted by atomic mass is 10.0. The van der Waals surface area contributed by atoms with Crippen LogP contribution in [0.2, 0.25) is 0 Å². The fourth-order valence-corrected chi connectivity index (χ4v) is 6.92. The fraction of sp³-hybridized carbons (Fsp3) is 0.361. The van der Waals surface area contributed by atoms with Crippen LogP contribution < -0.4 is 14.5 Å². The van der Waals surface area contributed by atoms with Gasteiger partial charge in [0.2, 0.25) is 0 Å². The number of aromatic nitrogens is 2. The molecule has 0 bridgehead atoms. The summed E-state index contributed by atoms with van der Waals surface area (Å²) in [5.41, 5.74) is 4.51. The number of carbonyl (C=O) groups excluding carboxylic acids is 1. The van der Waals surface area contributed by atoms with Crippen LogP contribution >= 0.6 is 0 Å². The first-order valence-corrected chi connectivity index (χ1v) is 16.0. The second-order valence-electron chi connectivity index (χ2n) is 12.3. The molecule has 4 heterocycles. The van der Waals surface area contributed by atoms with Crippen LogP contribution in [0.25, 0.3) is 10.8 Å². The summed E-state index contributed by atoms with van der Waals surface area (Å²) in [6.45, 7) is 8.30. The maximum absolute atomic E-state index is 10.8. The first-order valence-electron chi connectivity index (χ1n) is 16.0. The van der Waals surface area contributed by atoms with E-state index in [9.17, 15) is 9.90 Å². The predicted molar refractivity (Wildman–Crippen MR) is 177 cm³/mol. The zero-order chi connectivity index (χ0) is 30.6. The Labute approximate surface area is 264 Å². The molecule has 0 unspecified atom stereocenters. The second-order valence-corrected chi connectivity index (χ2v) is 12.3. The third kappa shape index (κ3) is 6.59. The quantitative estimate of drug-likeness (QED) is 0.217. The van der Waals surface area contributed by atoms with Crippen molar-refractivity contribution in [3.8, 4) is 11.8 Å². The molecule has 0 aliphatic carbocycles. The van der Waals surface area contributed by atoms with Gasteiger partial charge in [0.25, 0.3) is 0 Å². The zero-order valence-electron chi connectivity index (χ0n) is 25.6. The van der Waals surface area contributed by atoms with Crippen LogP contribution in [0.15, 0.2) is 79.0 Å². The smallest absolute Gasteiger partial charge is 0.318 e. The summed E-state index contributed by atoms with van der Waals surface area (Å²) in [6.07, 6.45) is 6.15. The summed E-state index contributed by atoms with van der Waals surface area (Å²) in [5.74, 6) is 1.66. The topological polar surface area (TPSA) is 85.3 Å². The van der Waals surface area contributed by atoms with Crippen molar-refractivity contribution in [2.75, 3.05) is 62.2 Å². The van der Waals surface area contributed by atoms with Crippen molar-refractivity contribution in [2.24, 2.45) is 5.92 Å². The number of allylic oxidation sites excluding steroid dienone is 1. The minimum absolute atomic E-state index is 0.265. The molecule has 0 amide bonds. The molecule has 0 spiro atoms. The van der Waals surface area contributed by atoms with Crippen LogP contribution in [0.3, 0.4) is 0 Å². The summed E-state index contributed by atoms with van der Waals surface area (Å²) in [6, 6.07) is 22.9. The number of fused-ring (bicyclic) bond motifs is 2. The maximum atomic E-state index is 10.8. The van der Waals surface area contributed by atoms with Gasteiger partial charge in [0.05, 0.1) is 18.8 Å². The summed E-state index contributed by atoms with van der Waals surface area (Å²) in [4.78, 5) is 30.2. The molecular weight excluding hydrogens is 564 g/mol. The molecule has 232 valence electrons. The lowest BCUT2D eigenvalue weighted by Gasteiger charge is -2.38. The zero-order valence-corrected chi connectivity index (χ0v) is 25.6. The second kappa shape index (κ2) is 13.2. The number of rotatable bonds is 9. The van der Waals surface area contributed by atoms with Gasteiger partial charge in [-0.05, 0) is 42.5 Å². The molecule has 9 nitrogen and oxygen atoms in total. The van der Waals surface area contributed by atoms with Gasteiger partial charge >= 0.3 is 6.01 Å². The molecule has 4 aromatic rings. The number of hydrogen-bond acceptors (Lipinski definition) is 9. The highest BCUT2D eigenvalue weighted by molar-refractivity contribution is 5.95. The minimum atomic E-state index is 0.265. The normalized spacial score (nSPS) is 18.9. The average Bonchev–Trinajstić information content (AvgIpc) is 3.53. The third-order valence-corrected chi connectivity index (χ3v) is 9.24. The van der Waals surface area contributed by atoms with E-state index in [1.54, 1.807) is 6.08 Å². The summed E-state index contributed by atoms with van der Waals surface area (Å²) in [7, 11) is 0. The van der Waals surface area contributed by atoms with E-state index in [4.69, 9.17) is 14.7 Å². The molecule has 7 rings (SSSR count). The van der Waals surface area contributed by atoms with Crippen molar-refractivity contribution in [1.29, 1.82) is 0 Å². The number of phenols is 1. The summed E-state index contributed by atoms with van der Waals surface area (Å²) < 4.78 is 6.40. The Morgan fingerprint density at radius 1 is 0.911 bits per heavy atom. The van der Waals surface area contributed by atoms with E-state index >= 15 is 0 Å². The molecule has 3 aliphatic heterocycles. The van der Waals surface area contributed by atoms with E-state index in [0.29, 0.717) is 25.1 Å². The molecule has 9 heteroatoms. The lowest BCUT2D eigenvalue weighted by Crippen LogP contribution is -2.45. The largest absolute Gasteiger partial charge is 0.508 e. The van der Waals surface area contributed by atoms with E-state index in [0.717, 1.165) is 99.5 Å². The summed E-state index contributed by atoms with van der Waals surface area (Å²) >= 11 is 0. The third-order valence-electron chi connectivity index (χ3n) is 9.24. The van der Waals surface area contributed by atoms with Crippen LogP contribution in [-0.4, -0.2) is 83.6 Å². The molecule has 2 fully saturated rings. The number of nitrogens with zero attached hydrogens (tertiary/aromatic N) is 6. The molecule has 45 heavy (non-hydrogen) atoms. The lowest BCUT2D eigenvalue weighted by molar-refractivity contribution is -0.104. The predicted octanol–water partition coefficient (Wildman–Crippen LogP) is 4.63. The van der Waals surface area contributed by atoms with Gasteiger partial charge in [-0.1, -0.05) is 54.6 Å². The first-order chi connectivity index (χ1) is 22.1. The number of phenolic OH excluding ortho intramolecular Hbond substituents is 1. The summed E-state index contributed by atoms with van der Waals surface area (Å²) in [5, 5.41) is 12.7. The van der Waals surface area contributed by atoms with Gasteiger partial charge in [-0.2, -0.15) is 9.97 Å². The molecule has 0 radical (unpaired) electrons. The van der Waals surface area contributed by atoms with Gasteiger partial charge in [0, 0.05) is 80.6 Å². The molecule has 1 N–H and O–H groups in total. The number of likely N-dealkylation sites (tertiary alicyclic amines) is 1. The number of hydrogen-bond donors (Lipinski definition) is 1. The van der Waals surface area contributed by atoms with Gasteiger partial charge < -0.3 is 24.5 Å². The van der Waals surface area contributed by atoms with Crippen LogP contribution in [0.5, 0.6) is 11.8 Å². The molecule has 1 aromatic heterocycles. The van der Waals surface area contributed by atoms with Crippen molar-refractivity contribution in [2.45, 2.75) is 25.9 Å². The van der Waals surface area contributed by atoms with E-state index in [-0.39, 0.29) is 5.75 Å². The number of aromatic hydroxyl groups is 1.